The van der Waals surface area contributed by atoms with Gasteiger partial charge in [-0.25, -0.2) is 0 Å². The summed E-state index contributed by atoms with van der Waals surface area (Å²) < 4.78 is 1.07. The molecule has 0 spiro atoms. The van der Waals surface area contributed by atoms with E-state index in [0.29, 0.717) is 19.5 Å². The van der Waals surface area contributed by atoms with Crippen LogP contribution < -0.4 is 11.1 Å². The summed E-state index contributed by atoms with van der Waals surface area (Å²) in [4.78, 5) is 12.5. The number of amides is 1. The number of unbranched alkanes of at least 4 members (excludes halogenated alkanes) is 1. The van der Waals surface area contributed by atoms with Crippen LogP contribution >= 0.6 is 27.3 Å². The lowest BCUT2D eigenvalue weighted by Gasteiger charge is -2.02. The summed E-state index contributed by atoms with van der Waals surface area (Å²) in [5.74, 6) is 0.105. The largest absolute Gasteiger partial charge is 0.351 e. The molecule has 1 heterocycles. The molecule has 15 heavy (non-hydrogen) atoms. The van der Waals surface area contributed by atoms with Crippen molar-refractivity contribution in [2.75, 3.05) is 6.54 Å². The van der Waals surface area contributed by atoms with Gasteiger partial charge in [0.15, 0.2) is 0 Å². The maximum absolute atomic E-state index is 11.3. The summed E-state index contributed by atoms with van der Waals surface area (Å²) in [7, 11) is 0. The minimum atomic E-state index is 0.105. The first-order valence-corrected chi connectivity index (χ1v) is 6.59. The van der Waals surface area contributed by atoms with E-state index in [0.717, 1.165) is 22.2 Å². The molecule has 0 aliphatic rings. The van der Waals surface area contributed by atoms with Crippen LogP contribution in [0.3, 0.4) is 0 Å². The number of nitrogens with one attached hydrogen (secondary N) is 1. The first-order valence-electron chi connectivity index (χ1n) is 4.92. The molecule has 0 aliphatic heterocycles. The summed E-state index contributed by atoms with van der Waals surface area (Å²) in [6, 6.07) is 2.02. The Labute approximate surface area is 102 Å². The predicted molar refractivity (Wildman–Crippen MR) is 66.8 cm³/mol. The van der Waals surface area contributed by atoms with Crippen molar-refractivity contribution in [2.45, 2.75) is 25.8 Å². The summed E-state index contributed by atoms with van der Waals surface area (Å²) in [6.07, 6.45) is 2.36. The molecule has 0 radical (unpaired) electrons. The van der Waals surface area contributed by atoms with E-state index in [9.17, 15) is 4.79 Å². The quantitative estimate of drug-likeness (QED) is 0.790. The van der Waals surface area contributed by atoms with Gasteiger partial charge in [-0.1, -0.05) is 0 Å². The Kier molecular flexibility index (Phi) is 5.90. The average Bonchev–Trinajstić information content (AvgIpc) is 2.62. The molecule has 3 nitrogen and oxygen atoms in total. The van der Waals surface area contributed by atoms with Crippen molar-refractivity contribution in [1.29, 1.82) is 0 Å². The van der Waals surface area contributed by atoms with Gasteiger partial charge in [0.2, 0.25) is 5.91 Å². The third-order valence-electron chi connectivity index (χ3n) is 1.94. The second-order valence-electron chi connectivity index (χ2n) is 3.25. The van der Waals surface area contributed by atoms with Gasteiger partial charge in [-0.05, 0) is 41.4 Å². The molecule has 0 saturated heterocycles. The molecule has 1 rings (SSSR count). The maximum atomic E-state index is 11.3. The lowest BCUT2D eigenvalue weighted by Crippen LogP contribution is -2.22. The molecule has 1 aromatic heterocycles. The van der Waals surface area contributed by atoms with Gasteiger partial charge in [-0.15, -0.1) is 11.3 Å². The van der Waals surface area contributed by atoms with Gasteiger partial charge < -0.3 is 11.1 Å². The Morgan fingerprint density at radius 3 is 2.93 bits per heavy atom. The second-order valence-corrected chi connectivity index (χ2v) is 5.17. The van der Waals surface area contributed by atoms with Crippen molar-refractivity contribution in [1.82, 2.24) is 5.32 Å². The third-order valence-corrected chi connectivity index (χ3v) is 3.64. The van der Waals surface area contributed by atoms with Gasteiger partial charge in [0.05, 0.1) is 6.54 Å². The zero-order valence-electron chi connectivity index (χ0n) is 8.46. The minimum absolute atomic E-state index is 0.105. The summed E-state index contributed by atoms with van der Waals surface area (Å²) in [5.41, 5.74) is 5.35. The van der Waals surface area contributed by atoms with Gasteiger partial charge in [0, 0.05) is 21.2 Å². The second kappa shape index (κ2) is 6.98. The van der Waals surface area contributed by atoms with E-state index in [-0.39, 0.29) is 5.91 Å². The van der Waals surface area contributed by atoms with Crippen LogP contribution in [0.4, 0.5) is 0 Å². The number of thiophene rings is 1. The summed E-state index contributed by atoms with van der Waals surface area (Å²) >= 11 is 5.01. The summed E-state index contributed by atoms with van der Waals surface area (Å²) in [5, 5.41) is 4.89. The number of rotatable bonds is 6. The molecule has 0 aliphatic carbocycles. The lowest BCUT2D eigenvalue weighted by atomic mass is 10.2. The van der Waals surface area contributed by atoms with Crippen LogP contribution in [-0.4, -0.2) is 12.5 Å². The minimum Gasteiger partial charge on any atom is -0.351 e. The Bertz CT molecular complexity index is 314. The first-order chi connectivity index (χ1) is 7.22. The highest BCUT2D eigenvalue weighted by molar-refractivity contribution is 9.10. The first kappa shape index (κ1) is 12.7. The zero-order valence-corrected chi connectivity index (χ0v) is 10.9. The normalized spacial score (nSPS) is 10.3. The molecule has 0 unspecified atom stereocenters. The van der Waals surface area contributed by atoms with Crippen LogP contribution in [0.2, 0.25) is 0 Å². The van der Waals surface area contributed by atoms with Crippen LogP contribution in [0.15, 0.2) is 15.9 Å². The van der Waals surface area contributed by atoms with E-state index >= 15 is 0 Å². The fourth-order valence-corrected chi connectivity index (χ4v) is 2.54. The van der Waals surface area contributed by atoms with Gasteiger partial charge >= 0.3 is 0 Å². The molecule has 0 fully saturated rings. The molecule has 1 amide bonds. The molecular formula is C10H15BrN2OS. The topological polar surface area (TPSA) is 55.1 Å². The van der Waals surface area contributed by atoms with Gasteiger partial charge in [0.1, 0.15) is 0 Å². The van der Waals surface area contributed by atoms with E-state index in [2.05, 4.69) is 21.2 Å². The maximum Gasteiger partial charge on any atom is 0.220 e. The van der Waals surface area contributed by atoms with Crippen LogP contribution in [0.5, 0.6) is 0 Å². The standard InChI is InChI=1S/C10H15BrN2OS/c11-8-5-9(15-7-8)6-13-10(14)3-1-2-4-12/h5,7H,1-4,6,12H2,(H,13,14). The third kappa shape index (κ3) is 5.30. The number of carbonyl (C=O) groups is 1. The highest BCUT2D eigenvalue weighted by atomic mass is 79.9. The number of halogens is 1. The highest BCUT2D eigenvalue weighted by Gasteiger charge is 2.02. The van der Waals surface area contributed by atoms with Crippen LogP contribution in [0.1, 0.15) is 24.1 Å². The summed E-state index contributed by atoms with van der Waals surface area (Å²) in [6.45, 7) is 1.28. The van der Waals surface area contributed by atoms with Gasteiger partial charge in [-0.2, -0.15) is 0 Å². The van der Waals surface area contributed by atoms with Crippen LogP contribution in [-0.2, 0) is 11.3 Å². The number of carbonyl (C=O) groups excluding carboxylic acids is 1. The van der Waals surface area contributed by atoms with Crippen molar-refractivity contribution in [3.8, 4) is 0 Å². The van der Waals surface area contributed by atoms with Crippen molar-refractivity contribution < 1.29 is 4.79 Å². The van der Waals surface area contributed by atoms with Crippen LogP contribution in [0.25, 0.3) is 0 Å². The van der Waals surface area contributed by atoms with Crippen LogP contribution in [0, 0.1) is 0 Å². The predicted octanol–water partition coefficient (Wildman–Crippen LogP) is 2.26. The van der Waals surface area contributed by atoms with Crippen molar-refractivity contribution in [3.63, 3.8) is 0 Å². The van der Waals surface area contributed by atoms with Gasteiger partial charge in [-0.3, -0.25) is 4.79 Å². The van der Waals surface area contributed by atoms with Crippen molar-refractivity contribution in [2.24, 2.45) is 5.73 Å². The van der Waals surface area contributed by atoms with Gasteiger partial charge in [0.25, 0.3) is 0 Å². The molecule has 0 atom stereocenters. The SMILES string of the molecule is NCCCCC(=O)NCc1cc(Br)cs1. The molecular weight excluding hydrogens is 276 g/mol. The number of nitrogens with two attached hydrogens (primary N) is 1. The molecule has 5 heteroatoms. The number of hydrogen-bond acceptors (Lipinski definition) is 3. The molecule has 1 aromatic rings. The zero-order chi connectivity index (χ0) is 11.1. The fraction of sp³-hybridized carbons (Fsp3) is 0.500. The number of hydrogen-bond donors (Lipinski definition) is 2. The van der Waals surface area contributed by atoms with E-state index in [1.807, 2.05) is 11.4 Å². The Hall–Kier alpha value is -0.390. The smallest absolute Gasteiger partial charge is 0.220 e. The molecule has 84 valence electrons. The Morgan fingerprint density at radius 2 is 2.33 bits per heavy atom. The average molecular weight is 291 g/mol. The van der Waals surface area contributed by atoms with E-state index < -0.39 is 0 Å². The van der Waals surface area contributed by atoms with Crippen molar-refractivity contribution >= 4 is 33.2 Å². The molecule has 0 bridgehead atoms. The van der Waals surface area contributed by atoms with E-state index in [4.69, 9.17) is 5.73 Å². The van der Waals surface area contributed by atoms with Crippen molar-refractivity contribution in [3.05, 3.63) is 20.8 Å². The highest BCUT2D eigenvalue weighted by Crippen LogP contribution is 2.19. The van der Waals surface area contributed by atoms with E-state index in [1.165, 1.54) is 0 Å². The molecule has 0 saturated carbocycles. The molecule has 0 aromatic carbocycles. The van der Waals surface area contributed by atoms with E-state index in [1.54, 1.807) is 11.3 Å². The monoisotopic (exact) mass is 290 g/mol. The lowest BCUT2D eigenvalue weighted by molar-refractivity contribution is -0.121. The molecule has 3 N–H and O–H groups in total. The fourth-order valence-electron chi connectivity index (χ4n) is 1.15. The Morgan fingerprint density at radius 1 is 1.53 bits per heavy atom. The Balaban J connectivity index is 2.16.